The topological polar surface area (TPSA) is 141 Å². The summed E-state index contributed by atoms with van der Waals surface area (Å²) in [6.45, 7) is 6.43. The largest absolute Gasteiger partial charge is 0.465 e. The van der Waals surface area contributed by atoms with Crippen LogP contribution in [0.5, 0.6) is 0 Å². The summed E-state index contributed by atoms with van der Waals surface area (Å²) in [6.07, 6.45) is 1.79. The fourth-order valence-electron chi connectivity index (χ4n) is 4.06. The fraction of sp³-hybridized carbons (Fsp3) is 0.542. The van der Waals surface area contributed by atoms with Crippen molar-refractivity contribution in [3.05, 3.63) is 28.6 Å². The third-order valence-electron chi connectivity index (χ3n) is 5.70. The lowest BCUT2D eigenvalue weighted by molar-refractivity contribution is -0.143. The zero-order chi connectivity index (χ0) is 27.2. The summed E-state index contributed by atoms with van der Waals surface area (Å²) in [6, 6.07) is 4.67. The van der Waals surface area contributed by atoms with Crippen LogP contribution in [0.3, 0.4) is 0 Å². The third-order valence-corrected chi connectivity index (χ3v) is 8.12. The first kappa shape index (κ1) is 28.5. The lowest BCUT2D eigenvalue weighted by Gasteiger charge is -2.30. The van der Waals surface area contributed by atoms with Crippen molar-refractivity contribution in [1.29, 1.82) is 0 Å². The Balaban J connectivity index is 1.87. The number of piperidine rings is 1. The van der Waals surface area contributed by atoms with Gasteiger partial charge in [-0.25, -0.2) is 13.2 Å². The van der Waals surface area contributed by atoms with Crippen LogP contribution in [-0.2, 0) is 40.2 Å². The predicted octanol–water partition coefficient (Wildman–Crippen LogP) is 1.54. The first-order valence-electron chi connectivity index (χ1n) is 12.0. The number of thiazole rings is 1. The van der Waals surface area contributed by atoms with Gasteiger partial charge >= 0.3 is 11.9 Å². The van der Waals surface area contributed by atoms with E-state index in [1.54, 1.807) is 26.0 Å². The molecule has 13 heteroatoms. The number of rotatable bonds is 9. The minimum Gasteiger partial charge on any atom is -0.465 e. The SMILES string of the molecule is CCOC(=O)Cn1c(=NC(=O)CS(=O)(=O)CC(=O)N2CCCC(C)C2)sc2cc(C(=O)OCC)ccc21. The number of carbonyl (C=O) groups excluding carboxylic acids is 4. The van der Waals surface area contributed by atoms with Crippen LogP contribution in [0.1, 0.15) is 44.0 Å². The Bertz CT molecular complexity index is 1360. The highest BCUT2D eigenvalue weighted by atomic mass is 32.2. The fourth-order valence-corrected chi connectivity index (χ4v) is 6.25. The van der Waals surface area contributed by atoms with Crippen molar-refractivity contribution in [3.63, 3.8) is 0 Å². The van der Waals surface area contributed by atoms with E-state index < -0.39 is 45.1 Å². The Morgan fingerprint density at radius 1 is 1.11 bits per heavy atom. The number of benzene rings is 1. The van der Waals surface area contributed by atoms with E-state index in [2.05, 4.69) is 4.99 Å². The number of aromatic nitrogens is 1. The molecule has 1 aliphatic heterocycles. The van der Waals surface area contributed by atoms with Crippen LogP contribution >= 0.6 is 11.3 Å². The number of likely N-dealkylation sites (tertiary alicyclic amines) is 1. The number of amides is 2. The van der Waals surface area contributed by atoms with E-state index in [9.17, 15) is 27.6 Å². The van der Waals surface area contributed by atoms with Crippen LogP contribution in [0, 0.1) is 5.92 Å². The van der Waals surface area contributed by atoms with Gasteiger partial charge in [-0.2, -0.15) is 4.99 Å². The molecule has 2 aromatic rings. The van der Waals surface area contributed by atoms with Crippen molar-refractivity contribution < 1.29 is 37.1 Å². The number of hydrogen-bond acceptors (Lipinski definition) is 9. The van der Waals surface area contributed by atoms with Gasteiger partial charge in [-0.3, -0.25) is 14.4 Å². The van der Waals surface area contributed by atoms with Gasteiger partial charge in [0, 0.05) is 13.1 Å². The van der Waals surface area contributed by atoms with Gasteiger partial charge in [0.2, 0.25) is 5.91 Å². The maximum atomic E-state index is 12.7. The standard InChI is InChI=1S/C24H31N3O8S2/c1-4-34-22(30)13-27-18-9-8-17(23(31)35-5-2)11-19(18)36-24(27)25-20(28)14-37(32,33)15-21(29)26-10-6-7-16(3)12-26/h8-9,11,16H,4-7,10,12-15H2,1-3H3. The second-order valence-electron chi connectivity index (χ2n) is 8.80. The van der Waals surface area contributed by atoms with Crippen molar-refractivity contribution in [2.75, 3.05) is 37.8 Å². The Morgan fingerprint density at radius 2 is 1.84 bits per heavy atom. The number of sulfone groups is 1. The molecule has 1 aromatic carbocycles. The van der Waals surface area contributed by atoms with Crippen molar-refractivity contribution in [2.24, 2.45) is 10.9 Å². The number of esters is 2. The number of hydrogen-bond donors (Lipinski definition) is 0. The number of fused-ring (bicyclic) bond motifs is 1. The van der Waals surface area contributed by atoms with Crippen molar-refractivity contribution in [3.8, 4) is 0 Å². The average Bonchev–Trinajstić information content (AvgIpc) is 3.14. The Hall–Kier alpha value is -3.06. The van der Waals surface area contributed by atoms with E-state index in [4.69, 9.17) is 9.47 Å². The van der Waals surface area contributed by atoms with Gasteiger partial charge in [-0.15, -0.1) is 0 Å². The summed E-state index contributed by atoms with van der Waals surface area (Å²) in [5.41, 5.74) is 0.791. The Kier molecular flexibility index (Phi) is 9.60. The predicted molar refractivity (Wildman–Crippen MR) is 137 cm³/mol. The molecule has 1 fully saturated rings. The maximum Gasteiger partial charge on any atom is 0.338 e. The number of ether oxygens (including phenoxy) is 2. The molecule has 0 spiro atoms. The van der Waals surface area contributed by atoms with Gasteiger partial charge in [0.15, 0.2) is 14.6 Å². The molecule has 0 bridgehead atoms. The summed E-state index contributed by atoms with van der Waals surface area (Å²) >= 11 is 1.01. The van der Waals surface area contributed by atoms with E-state index in [-0.39, 0.29) is 30.1 Å². The highest BCUT2D eigenvalue weighted by Crippen LogP contribution is 2.20. The summed E-state index contributed by atoms with van der Waals surface area (Å²) in [5.74, 6) is -3.99. The summed E-state index contributed by atoms with van der Waals surface area (Å²) < 4.78 is 37.2. The van der Waals surface area contributed by atoms with Gasteiger partial charge in [0.05, 0.1) is 29.0 Å². The van der Waals surface area contributed by atoms with Crippen LogP contribution in [0.4, 0.5) is 0 Å². The van der Waals surface area contributed by atoms with E-state index in [0.29, 0.717) is 29.2 Å². The van der Waals surface area contributed by atoms with Crippen molar-refractivity contribution in [2.45, 2.75) is 40.2 Å². The summed E-state index contributed by atoms with van der Waals surface area (Å²) in [7, 11) is -4.06. The molecule has 1 unspecified atom stereocenters. The second kappa shape index (κ2) is 12.5. The second-order valence-corrected chi connectivity index (χ2v) is 11.9. The molecule has 1 saturated heterocycles. The van der Waals surface area contributed by atoms with E-state index in [0.717, 1.165) is 24.2 Å². The molecule has 0 N–H and O–H groups in total. The number of nitrogens with zero attached hydrogens (tertiary/aromatic N) is 3. The van der Waals surface area contributed by atoms with Gasteiger partial charge < -0.3 is 18.9 Å². The highest BCUT2D eigenvalue weighted by molar-refractivity contribution is 7.92. The molecule has 0 radical (unpaired) electrons. The molecular weight excluding hydrogens is 522 g/mol. The van der Waals surface area contributed by atoms with Crippen molar-refractivity contribution >= 4 is 55.1 Å². The molecule has 2 amide bonds. The minimum atomic E-state index is -4.06. The normalized spacial score (nSPS) is 16.6. The van der Waals surface area contributed by atoms with Crippen LogP contribution in [0.25, 0.3) is 10.2 Å². The van der Waals surface area contributed by atoms with Gasteiger partial charge in [-0.05, 0) is 50.8 Å². The first-order chi connectivity index (χ1) is 17.5. The highest BCUT2D eigenvalue weighted by Gasteiger charge is 2.27. The van der Waals surface area contributed by atoms with E-state index >= 15 is 0 Å². The molecule has 37 heavy (non-hydrogen) atoms. The molecule has 11 nitrogen and oxygen atoms in total. The van der Waals surface area contributed by atoms with Crippen LogP contribution < -0.4 is 4.80 Å². The molecule has 1 aliphatic rings. The Morgan fingerprint density at radius 3 is 2.51 bits per heavy atom. The molecule has 0 aliphatic carbocycles. The third kappa shape index (κ3) is 7.71. The van der Waals surface area contributed by atoms with Gasteiger partial charge in [-0.1, -0.05) is 18.3 Å². The van der Waals surface area contributed by atoms with E-state index in [1.807, 2.05) is 6.92 Å². The molecule has 1 atom stereocenters. The zero-order valence-corrected chi connectivity index (χ0v) is 22.7. The number of carbonyl (C=O) groups is 4. The van der Waals surface area contributed by atoms with Crippen molar-refractivity contribution in [1.82, 2.24) is 9.47 Å². The smallest absolute Gasteiger partial charge is 0.338 e. The molecule has 202 valence electrons. The van der Waals surface area contributed by atoms with Crippen LogP contribution in [-0.4, -0.2) is 79.4 Å². The quantitative estimate of drug-likeness (QED) is 0.426. The monoisotopic (exact) mass is 553 g/mol. The lowest BCUT2D eigenvalue weighted by atomic mass is 10.0. The van der Waals surface area contributed by atoms with Crippen LogP contribution in [0.2, 0.25) is 0 Å². The maximum absolute atomic E-state index is 12.7. The molecule has 1 aromatic heterocycles. The van der Waals surface area contributed by atoms with Gasteiger partial charge in [0.25, 0.3) is 5.91 Å². The van der Waals surface area contributed by atoms with Crippen LogP contribution in [0.15, 0.2) is 23.2 Å². The molecule has 3 rings (SSSR count). The molecule has 2 heterocycles. The molecular formula is C24H31N3O8S2. The first-order valence-corrected chi connectivity index (χ1v) is 14.7. The zero-order valence-electron chi connectivity index (χ0n) is 21.1. The summed E-state index contributed by atoms with van der Waals surface area (Å²) in [5, 5.41) is 0. The minimum absolute atomic E-state index is 0.0699. The van der Waals surface area contributed by atoms with E-state index in [1.165, 1.54) is 15.5 Å². The summed E-state index contributed by atoms with van der Waals surface area (Å²) in [4.78, 5) is 55.0. The lowest BCUT2D eigenvalue weighted by Crippen LogP contribution is -2.42. The van der Waals surface area contributed by atoms with Gasteiger partial charge in [0.1, 0.15) is 18.1 Å². The average molecular weight is 554 g/mol. The molecule has 0 saturated carbocycles. The Labute approximate surface area is 219 Å².